The number of hydrogen-bond acceptors (Lipinski definition) is 3. The number of carbonyl (C=O) groups excluding carboxylic acids is 1. The van der Waals surface area contributed by atoms with Crippen LogP contribution in [0.3, 0.4) is 0 Å². The molecule has 1 heterocycles. The van der Waals surface area contributed by atoms with E-state index in [4.69, 9.17) is 4.74 Å². The van der Waals surface area contributed by atoms with Crippen LogP contribution in [0.15, 0.2) is 65.7 Å². The molecule has 0 bridgehead atoms. The highest BCUT2D eigenvalue weighted by Gasteiger charge is 2.45. The monoisotopic (exact) mass is 357 g/mol. The van der Waals surface area contributed by atoms with Gasteiger partial charge in [0.25, 0.3) is 0 Å². The predicted octanol–water partition coefficient (Wildman–Crippen LogP) is 3.76. The number of aliphatic imine (C=N–C) groups is 1. The lowest BCUT2D eigenvalue weighted by Gasteiger charge is -2.20. The third-order valence-corrected chi connectivity index (χ3v) is 4.15. The zero-order valence-electron chi connectivity index (χ0n) is 12.0. The van der Waals surface area contributed by atoms with Gasteiger partial charge in [-0.2, -0.15) is 0 Å². The molecule has 0 amide bonds. The van der Waals surface area contributed by atoms with Crippen molar-refractivity contribution in [1.29, 1.82) is 0 Å². The second-order valence-electron chi connectivity index (χ2n) is 5.31. The summed E-state index contributed by atoms with van der Waals surface area (Å²) in [6.45, 7) is 0. The Morgan fingerprint density at radius 2 is 1.64 bits per heavy atom. The minimum absolute atomic E-state index is 0.269. The summed E-state index contributed by atoms with van der Waals surface area (Å²) in [5.41, 5.74) is 1.08. The first-order valence-electron chi connectivity index (χ1n) is 7.21. The number of esters is 1. The summed E-state index contributed by atoms with van der Waals surface area (Å²) in [5.74, 6) is 0.150. The molecule has 0 saturated heterocycles. The first-order chi connectivity index (χ1) is 10.7. The number of cyclic esters (lactones) is 1. The Morgan fingerprint density at radius 3 is 2.27 bits per heavy atom. The summed E-state index contributed by atoms with van der Waals surface area (Å²) >= 11 is 3.43. The molecular weight excluding hydrogens is 342 g/mol. The minimum Gasteiger partial charge on any atom is -0.405 e. The number of hydrogen-bond donors (Lipinski definition) is 0. The number of halogens is 1. The fourth-order valence-corrected chi connectivity index (χ4v) is 3.25. The maximum Gasteiger partial charge on any atom is 0.341 e. The molecule has 1 atom stereocenters. The maximum atomic E-state index is 12.5. The summed E-state index contributed by atoms with van der Waals surface area (Å²) in [5, 5.41) is 0.695. The van der Waals surface area contributed by atoms with E-state index in [9.17, 15) is 4.79 Å². The molecule has 22 heavy (non-hydrogen) atoms. The van der Waals surface area contributed by atoms with Gasteiger partial charge in [-0.15, -0.1) is 0 Å². The predicted molar refractivity (Wildman–Crippen MR) is 90.4 cm³/mol. The molecule has 4 heteroatoms. The summed E-state index contributed by atoms with van der Waals surface area (Å²) in [4.78, 5) is 17.2. The Balaban J connectivity index is 1.95. The molecule has 0 unspecified atom stereocenters. The molecule has 2 aromatic rings. The summed E-state index contributed by atoms with van der Waals surface area (Å²) in [6.07, 6.45) is 1.16. The second-order valence-corrected chi connectivity index (χ2v) is 6.10. The van der Waals surface area contributed by atoms with Gasteiger partial charge in [-0.05, 0) is 24.1 Å². The Hall–Kier alpha value is -1.94. The fourth-order valence-electron chi connectivity index (χ4n) is 2.60. The van der Waals surface area contributed by atoms with Crippen molar-refractivity contribution in [2.75, 3.05) is 5.33 Å². The van der Waals surface area contributed by atoms with Gasteiger partial charge >= 0.3 is 5.97 Å². The maximum absolute atomic E-state index is 12.5. The van der Waals surface area contributed by atoms with Gasteiger partial charge in [0.05, 0.1) is 0 Å². The summed E-state index contributed by atoms with van der Waals surface area (Å²) < 4.78 is 5.48. The molecule has 1 aliphatic heterocycles. The summed E-state index contributed by atoms with van der Waals surface area (Å²) in [7, 11) is 0. The van der Waals surface area contributed by atoms with E-state index in [-0.39, 0.29) is 5.97 Å². The van der Waals surface area contributed by atoms with Gasteiger partial charge in [-0.1, -0.05) is 64.5 Å². The van der Waals surface area contributed by atoms with Gasteiger partial charge in [-0.3, -0.25) is 0 Å². The zero-order valence-corrected chi connectivity index (χ0v) is 13.6. The van der Waals surface area contributed by atoms with Crippen molar-refractivity contribution < 1.29 is 9.53 Å². The van der Waals surface area contributed by atoms with Gasteiger partial charge in [-0.25, -0.2) is 9.79 Å². The lowest BCUT2D eigenvalue weighted by molar-refractivity contribution is -0.139. The van der Waals surface area contributed by atoms with Gasteiger partial charge in [0, 0.05) is 17.3 Å². The third kappa shape index (κ3) is 2.97. The van der Waals surface area contributed by atoms with Crippen molar-refractivity contribution in [2.45, 2.75) is 18.4 Å². The largest absolute Gasteiger partial charge is 0.405 e. The highest BCUT2D eigenvalue weighted by molar-refractivity contribution is 9.09. The Labute approximate surface area is 138 Å². The van der Waals surface area contributed by atoms with Gasteiger partial charge in [0.2, 0.25) is 5.90 Å². The molecule has 2 aromatic carbocycles. The van der Waals surface area contributed by atoms with E-state index >= 15 is 0 Å². The quantitative estimate of drug-likeness (QED) is 0.603. The molecule has 0 aromatic heterocycles. The van der Waals surface area contributed by atoms with Crippen LogP contribution in [-0.4, -0.2) is 22.7 Å². The van der Waals surface area contributed by atoms with Crippen LogP contribution in [0.25, 0.3) is 0 Å². The lowest BCUT2D eigenvalue weighted by atomic mass is 9.89. The minimum atomic E-state index is -0.837. The Bertz CT molecular complexity index is 685. The molecule has 0 aliphatic carbocycles. The van der Waals surface area contributed by atoms with Crippen molar-refractivity contribution in [2.24, 2.45) is 4.99 Å². The average molecular weight is 358 g/mol. The van der Waals surface area contributed by atoms with Crippen LogP contribution in [0.2, 0.25) is 0 Å². The van der Waals surface area contributed by atoms with Crippen molar-refractivity contribution in [3.05, 3.63) is 71.8 Å². The second kappa shape index (κ2) is 6.44. The first kappa shape index (κ1) is 15.0. The van der Waals surface area contributed by atoms with Gasteiger partial charge in [0.1, 0.15) is 0 Å². The number of ether oxygens (including phenoxy) is 1. The van der Waals surface area contributed by atoms with E-state index in [1.165, 1.54) is 0 Å². The number of carbonyl (C=O) groups is 1. The van der Waals surface area contributed by atoms with E-state index < -0.39 is 5.54 Å². The molecule has 3 rings (SSSR count). The first-order valence-corrected chi connectivity index (χ1v) is 8.33. The standard InChI is InChI=1S/C18H16BrNO2/c19-12-11-18(13-14-7-3-1-4-8-14)17(21)22-16(20-18)15-9-5-2-6-10-15/h1-10H,11-13H2/t18-/m0/s1. The van der Waals surface area contributed by atoms with E-state index in [0.29, 0.717) is 24.1 Å². The lowest BCUT2D eigenvalue weighted by Crippen LogP contribution is -2.36. The van der Waals surface area contributed by atoms with Gasteiger partial charge in [0.15, 0.2) is 5.54 Å². The van der Waals surface area contributed by atoms with Gasteiger partial charge < -0.3 is 4.74 Å². The highest BCUT2D eigenvalue weighted by atomic mass is 79.9. The number of rotatable bonds is 5. The number of alkyl halides is 1. The van der Waals surface area contributed by atoms with E-state index in [1.54, 1.807) is 0 Å². The summed E-state index contributed by atoms with van der Waals surface area (Å²) in [6, 6.07) is 19.5. The Kier molecular flexibility index (Phi) is 4.39. The highest BCUT2D eigenvalue weighted by Crippen LogP contribution is 2.31. The number of nitrogens with zero attached hydrogens (tertiary/aromatic N) is 1. The smallest absolute Gasteiger partial charge is 0.341 e. The van der Waals surface area contributed by atoms with E-state index in [1.807, 2.05) is 60.7 Å². The molecule has 0 radical (unpaired) electrons. The molecule has 1 aliphatic rings. The van der Waals surface area contributed by atoms with Crippen LogP contribution in [0.1, 0.15) is 17.5 Å². The third-order valence-electron chi connectivity index (χ3n) is 3.75. The molecule has 0 spiro atoms. The Morgan fingerprint density at radius 1 is 1.00 bits per heavy atom. The van der Waals surface area contributed by atoms with Crippen molar-refractivity contribution in [3.63, 3.8) is 0 Å². The fraction of sp³-hybridized carbons (Fsp3) is 0.222. The average Bonchev–Trinajstić information content (AvgIpc) is 2.86. The molecule has 0 saturated carbocycles. The molecule has 0 N–H and O–H groups in total. The van der Waals surface area contributed by atoms with Crippen LogP contribution >= 0.6 is 15.9 Å². The molecule has 3 nitrogen and oxygen atoms in total. The van der Waals surface area contributed by atoms with Crippen molar-refractivity contribution in [3.8, 4) is 0 Å². The van der Waals surface area contributed by atoms with E-state index in [2.05, 4.69) is 20.9 Å². The van der Waals surface area contributed by atoms with Crippen LogP contribution in [0, 0.1) is 0 Å². The van der Waals surface area contributed by atoms with Crippen LogP contribution in [0.4, 0.5) is 0 Å². The SMILES string of the molecule is O=C1OC(c2ccccc2)=N[C@@]1(CCBr)Cc1ccccc1. The van der Waals surface area contributed by atoms with Crippen molar-refractivity contribution in [1.82, 2.24) is 0 Å². The van der Waals surface area contributed by atoms with Crippen LogP contribution in [0.5, 0.6) is 0 Å². The molecule has 0 fully saturated rings. The molecular formula is C18H16BrNO2. The van der Waals surface area contributed by atoms with Crippen molar-refractivity contribution >= 4 is 27.8 Å². The van der Waals surface area contributed by atoms with Crippen LogP contribution < -0.4 is 0 Å². The normalized spacial score (nSPS) is 20.6. The number of benzene rings is 2. The van der Waals surface area contributed by atoms with E-state index in [0.717, 1.165) is 11.1 Å². The topological polar surface area (TPSA) is 38.7 Å². The molecule has 112 valence electrons. The zero-order chi connectivity index (χ0) is 15.4. The van der Waals surface area contributed by atoms with Crippen LogP contribution in [-0.2, 0) is 16.0 Å².